The summed E-state index contributed by atoms with van der Waals surface area (Å²) in [5.74, 6) is 0. The summed E-state index contributed by atoms with van der Waals surface area (Å²) in [5, 5.41) is 1.98. The summed E-state index contributed by atoms with van der Waals surface area (Å²) in [6.45, 7) is 0. The summed E-state index contributed by atoms with van der Waals surface area (Å²) < 4.78 is 110. The SMILES string of the molecule is [2H]c1c([2H])c([2H])c(-n2c3c([2H])c([2H])c([2H])c([2H])c3c3c(-c4ccccc4-c4ccccc4-n4c5ccccc5c5ccc(-c6ccccc6)cc54)c([2H])c([2H])c([2H])c32)c([2H])c1[2H]. The average Bonchev–Trinajstić information content (AvgIpc) is 3.82. The van der Waals surface area contributed by atoms with Gasteiger partial charge >= 0.3 is 0 Å². The van der Waals surface area contributed by atoms with Crippen LogP contribution < -0.4 is 0 Å². The Morgan fingerprint density at radius 3 is 1.88 bits per heavy atom. The molecule has 2 heterocycles. The Bertz CT molecular complexity index is 3530. The first-order valence-electron chi connectivity index (χ1n) is 22.2. The largest absolute Gasteiger partial charge is 0.309 e. The van der Waals surface area contributed by atoms with Crippen LogP contribution in [-0.2, 0) is 0 Å². The van der Waals surface area contributed by atoms with Gasteiger partial charge in [-0.3, -0.25) is 0 Å². The Balaban J connectivity index is 1.34. The quantitative estimate of drug-likeness (QED) is 0.176. The van der Waals surface area contributed by atoms with Crippen molar-refractivity contribution in [1.29, 1.82) is 0 Å². The van der Waals surface area contributed by atoms with Crippen molar-refractivity contribution >= 4 is 43.6 Å². The second kappa shape index (κ2) is 11.5. The van der Waals surface area contributed by atoms with Crippen LogP contribution in [0.5, 0.6) is 0 Å². The van der Waals surface area contributed by atoms with E-state index < -0.39 is 72.2 Å². The number of fused-ring (bicyclic) bond motifs is 6. The molecule has 0 atom stereocenters. The van der Waals surface area contributed by atoms with Crippen molar-refractivity contribution in [2.24, 2.45) is 0 Å². The molecule has 10 rings (SSSR count). The van der Waals surface area contributed by atoms with E-state index in [1.54, 1.807) is 12.1 Å². The number of para-hydroxylation sites is 4. The van der Waals surface area contributed by atoms with E-state index in [4.69, 9.17) is 11.0 Å². The summed E-state index contributed by atoms with van der Waals surface area (Å²) in [7, 11) is 0. The van der Waals surface area contributed by atoms with Gasteiger partial charge in [0.05, 0.1) is 44.2 Å². The molecule has 2 nitrogen and oxygen atoms in total. The van der Waals surface area contributed by atoms with E-state index >= 15 is 0 Å². The van der Waals surface area contributed by atoms with Gasteiger partial charge < -0.3 is 9.13 Å². The maximum Gasteiger partial charge on any atom is 0.0645 e. The maximum absolute atomic E-state index is 9.55. The van der Waals surface area contributed by atoms with E-state index in [0.29, 0.717) is 11.1 Å². The van der Waals surface area contributed by atoms with Crippen LogP contribution in [0.15, 0.2) is 194 Å². The van der Waals surface area contributed by atoms with Crippen LogP contribution in [0.25, 0.3) is 88.4 Å². The molecule has 0 fully saturated rings. The molecule has 50 heavy (non-hydrogen) atoms. The van der Waals surface area contributed by atoms with Gasteiger partial charge in [0, 0.05) is 32.8 Å². The van der Waals surface area contributed by atoms with Crippen molar-refractivity contribution in [3.05, 3.63) is 194 Å². The predicted octanol–water partition coefficient (Wildman–Crippen LogP) is 12.9. The number of aromatic nitrogens is 2. The number of hydrogen-bond donors (Lipinski definition) is 0. The lowest BCUT2D eigenvalue weighted by Crippen LogP contribution is -1.98. The lowest BCUT2D eigenvalue weighted by atomic mass is 9.91. The Hall–Kier alpha value is -6.64. The summed E-state index contributed by atoms with van der Waals surface area (Å²) in [4.78, 5) is 0. The molecule has 8 aromatic carbocycles. The van der Waals surface area contributed by atoms with E-state index in [1.807, 2.05) is 66.7 Å². The number of hydrogen-bond acceptors (Lipinski definition) is 0. The molecule has 0 N–H and O–H groups in total. The van der Waals surface area contributed by atoms with Crippen LogP contribution in [0.2, 0.25) is 0 Å². The monoisotopic (exact) mass is 648 g/mol. The molecule has 10 aromatic rings. The summed E-state index contributed by atoms with van der Waals surface area (Å²) in [6.07, 6.45) is 0. The number of rotatable bonds is 5. The van der Waals surface area contributed by atoms with Gasteiger partial charge in [0.25, 0.3) is 0 Å². The normalized spacial score (nSPS) is 15.0. The molecule has 2 aromatic heterocycles. The maximum atomic E-state index is 9.55. The molecule has 0 aliphatic carbocycles. The first-order chi connectivity index (χ1) is 29.8. The fourth-order valence-corrected chi connectivity index (χ4v) is 7.23. The van der Waals surface area contributed by atoms with Gasteiger partial charge in [-0.1, -0.05) is 151 Å². The lowest BCUT2D eigenvalue weighted by molar-refractivity contribution is 1.18. The molecule has 0 saturated carbocycles. The van der Waals surface area contributed by atoms with E-state index in [-0.39, 0.29) is 33.4 Å². The predicted molar refractivity (Wildman–Crippen MR) is 211 cm³/mol. The Kier molecular flexibility index (Phi) is 4.32. The molecule has 0 spiro atoms. The summed E-state index contributed by atoms with van der Waals surface area (Å²) >= 11 is 0. The standard InChI is InChI=1S/C48H32N2/c1-3-16-33(17-4-1)34-30-31-40-39-23-10-13-27-44(39)50(47(40)32-34)43-26-12-9-22-38(43)36-20-7-8-21-37(36)41-25-15-29-46-48(41)42-24-11-14-28-45(42)49(46)35-18-5-2-6-19-35/h1-32H/i2D,5D,6D,11D,14D,15D,18D,19D,24D,25D,28D,29D. The van der Waals surface area contributed by atoms with Gasteiger partial charge in [0.1, 0.15) is 0 Å². The third-order valence-electron chi connectivity index (χ3n) is 9.34. The molecule has 0 unspecified atom stereocenters. The molecule has 0 bridgehead atoms. The van der Waals surface area contributed by atoms with Crippen molar-refractivity contribution in [3.8, 4) is 44.8 Å². The highest BCUT2D eigenvalue weighted by Crippen LogP contribution is 2.44. The second-order valence-corrected chi connectivity index (χ2v) is 12.0. The first-order valence-corrected chi connectivity index (χ1v) is 16.2. The van der Waals surface area contributed by atoms with Gasteiger partial charge in [-0.2, -0.15) is 0 Å². The first kappa shape index (κ1) is 18.8. The highest BCUT2D eigenvalue weighted by Gasteiger charge is 2.21. The van der Waals surface area contributed by atoms with E-state index in [1.165, 1.54) is 0 Å². The van der Waals surface area contributed by atoms with Gasteiger partial charge in [0.2, 0.25) is 0 Å². The number of benzene rings is 8. The zero-order valence-corrected chi connectivity index (χ0v) is 26.4. The Labute approximate surface area is 307 Å². The van der Waals surface area contributed by atoms with Crippen molar-refractivity contribution in [2.45, 2.75) is 0 Å². The molecule has 0 radical (unpaired) electrons. The molecule has 0 saturated heterocycles. The highest BCUT2D eigenvalue weighted by molar-refractivity contribution is 6.17. The van der Waals surface area contributed by atoms with Crippen LogP contribution in [-0.4, -0.2) is 9.13 Å². The smallest absolute Gasteiger partial charge is 0.0645 e. The zero-order chi connectivity index (χ0) is 43.5. The van der Waals surface area contributed by atoms with Crippen molar-refractivity contribution in [3.63, 3.8) is 0 Å². The van der Waals surface area contributed by atoms with Gasteiger partial charge in [-0.25, -0.2) is 0 Å². The molecular weight excluding hydrogens is 605 g/mol. The molecule has 0 aliphatic rings. The second-order valence-electron chi connectivity index (χ2n) is 12.0. The Morgan fingerprint density at radius 1 is 0.360 bits per heavy atom. The van der Waals surface area contributed by atoms with Gasteiger partial charge in [-0.05, 0) is 70.2 Å². The van der Waals surface area contributed by atoms with Crippen LogP contribution in [0, 0.1) is 0 Å². The summed E-state index contributed by atoms with van der Waals surface area (Å²) in [5.41, 5.74) is 5.75. The molecular formula is C48H32N2. The molecule has 0 amide bonds. The number of nitrogens with zero attached hydrogens (tertiary/aromatic N) is 2. The zero-order valence-electron chi connectivity index (χ0n) is 38.4. The third kappa shape index (κ3) is 4.36. The molecule has 2 heteroatoms. The molecule has 234 valence electrons. The topological polar surface area (TPSA) is 9.86 Å². The van der Waals surface area contributed by atoms with Gasteiger partial charge in [-0.15, -0.1) is 0 Å². The van der Waals surface area contributed by atoms with Crippen molar-refractivity contribution < 1.29 is 16.4 Å². The van der Waals surface area contributed by atoms with E-state index in [0.717, 1.165) is 48.8 Å². The Morgan fingerprint density at radius 2 is 1.02 bits per heavy atom. The lowest BCUT2D eigenvalue weighted by Gasteiger charge is -2.18. The van der Waals surface area contributed by atoms with Gasteiger partial charge in [0.15, 0.2) is 0 Å². The average molecular weight is 649 g/mol. The van der Waals surface area contributed by atoms with Crippen molar-refractivity contribution in [1.82, 2.24) is 9.13 Å². The van der Waals surface area contributed by atoms with E-state index in [2.05, 4.69) is 47.0 Å². The minimum Gasteiger partial charge on any atom is -0.309 e. The van der Waals surface area contributed by atoms with E-state index in [9.17, 15) is 5.48 Å². The van der Waals surface area contributed by atoms with Crippen LogP contribution in [0.4, 0.5) is 0 Å². The van der Waals surface area contributed by atoms with Crippen LogP contribution >= 0.6 is 0 Å². The highest BCUT2D eigenvalue weighted by atomic mass is 15.0. The minimum atomic E-state index is -0.685. The third-order valence-corrected chi connectivity index (χ3v) is 9.34. The molecule has 0 aliphatic heterocycles. The minimum absolute atomic E-state index is 0.0131. The van der Waals surface area contributed by atoms with Crippen molar-refractivity contribution in [2.75, 3.05) is 0 Å². The summed E-state index contributed by atoms with van der Waals surface area (Å²) in [6, 6.07) is 32.6. The van der Waals surface area contributed by atoms with Crippen LogP contribution in [0.3, 0.4) is 0 Å². The fourth-order valence-electron chi connectivity index (χ4n) is 7.23. The van der Waals surface area contributed by atoms with Crippen LogP contribution in [0.1, 0.15) is 16.4 Å². The fraction of sp³-hybridized carbons (Fsp3) is 0.